The van der Waals surface area contributed by atoms with Crippen LogP contribution in [-0.4, -0.2) is 25.5 Å². The van der Waals surface area contributed by atoms with Gasteiger partial charge in [-0.1, -0.05) is 23.7 Å². The molecule has 3 aromatic heterocycles. The molecule has 0 unspecified atom stereocenters. The van der Waals surface area contributed by atoms with Crippen LogP contribution < -0.4 is 16.2 Å². The Hall–Kier alpha value is -3.17. The maximum atomic E-state index is 12.9. The van der Waals surface area contributed by atoms with E-state index in [0.717, 1.165) is 10.4 Å². The molecule has 31 heavy (non-hydrogen) atoms. The predicted molar refractivity (Wildman–Crippen MR) is 123 cm³/mol. The number of halogens is 1. The fourth-order valence-corrected chi connectivity index (χ4v) is 3.96. The first-order valence-corrected chi connectivity index (χ1v) is 11.0. The molecule has 0 atom stereocenters. The van der Waals surface area contributed by atoms with Crippen LogP contribution in [0.1, 0.15) is 28.1 Å². The standard InChI is InChI=1S/C21H21ClN6O2S/c1-12-5-6-14(10-17(12)22)25-18(29)8-7-16-13(2)24-21-26-20(27-28(21)19(16)30)23-11-15-4-3-9-31-15/h3-6,9-10H,7-8,11H2,1-2H3,(H,25,29)(H2,23,24,26,27). The summed E-state index contributed by atoms with van der Waals surface area (Å²) in [5.74, 6) is 0.550. The highest BCUT2D eigenvalue weighted by Crippen LogP contribution is 2.20. The summed E-state index contributed by atoms with van der Waals surface area (Å²) in [5.41, 5.74) is 2.34. The van der Waals surface area contributed by atoms with E-state index in [1.807, 2.05) is 30.5 Å². The molecule has 0 aliphatic carbocycles. The lowest BCUT2D eigenvalue weighted by Gasteiger charge is -2.08. The average molecular weight is 457 g/mol. The molecule has 0 saturated heterocycles. The van der Waals surface area contributed by atoms with Crippen LogP contribution in [0.15, 0.2) is 40.5 Å². The van der Waals surface area contributed by atoms with Crippen LogP contribution in [-0.2, 0) is 17.8 Å². The van der Waals surface area contributed by atoms with Gasteiger partial charge in [-0.2, -0.15) is 9.50 Å². The second-order valence-electron chi connectivity index (χ2n) is 7.13. The van der Waals surface area contributed by atoms with Crippen molar-refractivity contribution in [3.63, 3.8) is 0 Å². The molecule has 4 aromatic rings. The number of aromatic amines is 1. The van der Waals surface area contributed by atoms with Crippen molar-refractivity contribution in [2.75, 3.05) is 10.6 Å². The second-order valence-corrected chi connectivity index (χ2v) is 8.57. The van der Waals surface area contributed by atoms with E-state index in [0.29, 0.717) is 40.2 Å². The summed E-state index contributed by atoms with van der Waals surface area (Å²) in [5, 5.41) is 11.5. The van der Waals surface area contributed by atoms with Crippen LogP contribution >= 0.6 is 22.9 Å². The molecule has 0 radical (unpaired) electrons. The molecule has 1 aromatic carbocycles. The summed E-state index contributed by atoms with van der Waals surface area (Å²) < 4.78 is 1.30. The minimum absolute atomic E-state index is 0.146. The maximum absolute atomic E-state index is 12.9. The van der Waals surface area contributed by atoms with Gasteiger partial charge in [0, 0.05) is 27.6 Å². The predicted octanol–water partition coefficient (Wildman–Crippen LogP) is 3.93. The monoisotopic (exact) mass is 456 g/mol. The van der Waals surface area contributed by atoms with Gasteiger partial charge in [-0.3, -0.25) is 14.7 Å². The van der Waals surface area contributed by atoms with Crippen molar-refractivity contribution in [2.24, 2.45) is 0 Å². The molecule has 0 saturated carbocycles. The van der Waals surface area contributed by atoms with Crippen molar-refractivity contribution in [2.45, 2.75) is 33.2 Å². The Morgan fingerprint density at radius 3 is 2.84 bits per heavy atom. The highest BCUT2D eigenvalue weighted by Gasteiger charge is 2.15. The Morgan fingerprint density at radius 2 is 2.10 bits per heavy atom. The number of aromatic nitrogens is 4. The topological polar surface area (TPSA) is 104 Å². The van der Waals surface area contributed by atoms with E-state index in [1.54, 1.807) is 30.4 Å². The number of hydrogen-bond acceptors (Lipinski definition) is 6. The van der Waals surface area contributed by atoms with Gasteiger partial charge in [0.25, 0.3) is 11.3 Å². The number of benzene rings is 1. The molecular formula is C21H21ClN6O2S. The van der Waals surface area contributed by atoms with Crippen molar-refractivity contribution in [1.82, 2.24) is 19.6 Å². The van der Waals surface area contributed by atoms with Crippen LogP contribution in [0.2, 0.25) is 5.02 Å². The smallest absolute Gasteiger partial charge is 0.277 e. The van der Waals surface area contributed by atoms with Crippen molar-refractivity contribution in [1.29, 1.82) is 0 Å². The quantitative estimate of drug-likeness (QED) is 0.391. The van der Waals surface area contributed by atoms with Gasteiger partial charge < -0.3 is 10.6 Å². The maximum Gasteiger partial charge on any atom is 0.277 e. The fourth-order valence-electron chi connectivity index (χ4n) is 3.14. The zero-order chi connectivity index (χ0) is 22.0. The Labute approximate surface area is 187 Å². The number of nitrogens with zero attached hydrogens (tertiary/aromatic N) is 3. The molecule has 0 aliphatic heterocycles. The average Bonchev–Trinajstić information content (AvgIpc) is 3.38. The summed E-state index contributed by atoms with van der Waals surface area (Å²) in [7, 11) is 0. The number of fused-ring (bicyclic) bond motifs is 1. The number of rotatable bonds is 7. The first-order chi connectivity index (χ1) is 14.9. The molecule has 4 rings (SSSR count). The van der Waals surface area contributed by atoms with E-state index in [4.69, 9.17) is 11.6 Å². The number of carbonyl (C=O) groups excluding carboxylic acids is 1. The summed E-state index contributed by atoms with van der Waals surface area (Å²) >= 11 is 7.74. The molecule has 0 spiro atoms. The number of aryl methyl sites for hydroxylation is 2. The van der Waals surface area contributed by atoms with Crippen LogP contribution in [0.3, 0.4) is 0 Å². The lowest BCUT2D eigenvalue weighted by Crippen LogP contribution is -2.23. The van der Waals surface area contributed by atoms with Crippen molar-refractivity contribution < 1.29 is 4.79 Å². The third-order valence-electron chi connectivity index (χ3n) is 4.86. The Balaban J connectivity index is 1.46. The van der Waals surface area contributed by atoms with Gasteiger partial charge in [0.2, 0.25) is 11.9 Å². The lowest BCUT2D eigenvalue weighted by molar-refractivity contribution is -0.116. The van der Waals surface area contributed by atoms with Gasteiger partial charge in [-0.05, 0) is 49.4 Å². The molecule has 10 heteroatoms. The lowest BCUT2D eigenvalue weighted by atomic mass is 10.1. The van der Waals surface area contributed by atoms with E-state index in [1.165, 1.54) is 4.52 Å². The molecule has 3 heterocycles. The van der Waals surface area contributed by atoms with Crippen LogP contribution in [0.5, 0.6) is 0 Å². The minimum Gasteiger partial charge on any atom is -0.350 e. The molecule has 8 nitrogen and oxygen atoms in total. The highest BCUT2D eigenvalue weighted by atomic mass is 35.5. The van der Waals surface area contributed by atoms with Crippen molar-refractivity contribution in [3.8, 4) is 0 Å². The zero-order valence-corrected chi connectivity index (χ0v) is 18.6. The van der Waals surface area contributed by atoms with Gasteiger partial charge >= 0.3 is 0 Å². The molecule has 0 fully saturated rings. The summed E-state index contributed by atoms with van der Waals surface area (Å²) in [4.78, 5) is 35.2. The van der Waals surface area contributed by atoms with Gasteiger partial charge in [0.05, 0.1) is 12.2 Å². The van der Waals surface area contributed by atoms with E-state index < -0.39 is 0 Å². The highest BCUT2D eigenvalue weighted by molar-refractivity contribution is 7.09. The number of amides is 1. The second kappa shape index (κ2) is 8.91. The summed E-state index contributed by atoms with van der Waals surface area (Å²) in [6.45, 7) is 4.25. The Bertz CT molecular complexity index is 1300. The Kier molecular flexibility index (Phi) is 6.06. The molecular weight excluding hydrogens is 436 g/mol. The normalized spacial score (nSPS) is 11.1. The molecule has 0 bridgehead atoms. The Morgan fingerprint density at radius 1 is 1.26 bits per heavy atom. The van der Waals surface area contributed by atoms with Crippen molar-refractivity contribution in [3.05, 3.63) is 72.8 Å². The summed E-state index contributed by atoms with van der Waals surface area (Å²) in [6, 6.07) is 9.34. The van der Waals surface area contributed by atoms with E-state index >= 15 is 0 Å². The van der Waals surface area contributed by atoms with Gasteiger partial charge in [-0.15, -0.1) is 11.3 Å². The minimum atomic E-state index is -0.259. The molecule has 0 aliphatic rings. The third kappa shape index (κ3) is 4.78. The first-order valence-electron chi connectivity index (χ1n) is 9.71. The van der Waals surface area contributed by atoms with Crippen LogP contribution in [0.4, 0.5) is 11.6 Å². The van der Waals surface area contributed by atoms with Gasteiger partial charge in [-0.25, -0.2) is 4.98 Å². The van der Waals surface area contributed by atoms with Crippen LogP contribution in [0, 0.1) is 13.8 Å². The number of carbonyl (C=O) groups is 1. The number of nitrogens with one attached hydrogen (secondary N) is 3. The molecule has 160 valence electrons. The van der Waals surface area contributed by atoms with Gasteiger partial charge in [0.1, 0.15) is 0 Å². The van der Waals surface area contributed by atoms with Gasteiger partial charge in [0.15, 0.2) is 0 Å². The van der Waals surface area contributed by atoms with E-state index in [9.17, 15) is 9.59 Å². The van der Waals surface area contributed by atoms with Crippen LogP contribution in [0.25, 0.3) is 5.78 Å². The summed E-state index contributed by atoms with van der Waals surface area (Å²) in [6.07, 6.45) is 0.413. The SMILES string of the molecule is Cc1ccc(NC(=O)CCc2c(C)nc3nc(NCc4cccs4)[nH]n3c2=O)cc1Cl. The van der Waals surface area contributed by atoms with Crippen molar-refractivity contribution >= 4 is 46.3 Å². The van der Waals surface area contributed by atoms with E-state index in [-0.39, 0.29) is 24.3 Å². The largest absolute Gasteiger partial charge is 0.350 e. The third-order valence-corrected chi connectivity index (χ3v) is 6.15. The number of anilines is 2. The number of hydrogen-bond donors (Lipinski definition) is 3. The zero-order valence-electron chi connectivity index (χ0n) is 17.0. The fraction of sp³-hybridized carbons (Fsp3) is 0.238. The van der Waals surface area contributed by atoms with E-state index in [2.05, 4.69) is 25.7 Å². The molecule has 1 amide bonds. The molecule has 3 N–H and O–H groups in total. The first kappa shape index (κ1) is 21.1. The number of thiophene rings is 1. The number of H-pyrrole nitrogens is 1.